The number of imidazole rings is 1. The molecule has 0 saturated carbocycles. The molecule has 0 fully saturated rings. The molecule has 2 aromatic rings. The third-order valence-electron chi connectivity index (χ3n) is 2.30. The van der Waals surface area contributed by atoms with Crippen LogP contribution in [-0.2, 0) is 0 Å². The van der Waals surface area contributed by atoms with Gasteiger partial charge in [-0.2, -0.15) is 0 Å². The zero-order valence-electron chi connectivity index (χ0n) is 9.36. The number of carboxylic acid groups (broad SMARTS) is 1. The molecule has 7 nitrogen and oxygen atoms in total. The Bertz CT molecular complexity index is 704. The van der Waals surface area contributed by atoms with Gasteiger partial charge >= 0.3 is 11.7 Å². The van der Waals surface area contributed by atoms with Crippen molar-refractivity contribution in [1.29, 1.82) is 0 Å². The molecule has 1 amide bonds. The normalized spacial score (nSPS) is 10.2. The lowest BCUT2D eigenvalue weighted by Crippen LogP contribution is -2.14. The van der Waals surface area contributed by atoms with Crippen molar-refractivity contribution in [3.05, 3.63) is 51.2 Å². The predicted molar refractivity (Wildman–Crippen MR) is 67.8 cm³/mol. The predicted octanol–water partition coefficient (Wildman–Crippen LogP) is 1.31. The van der Waals surface area contributed by atoms with Gasteiger partial charge < -0.3 is 20.4 Å². The van der Waals surface area contributed by atoms with E-state index in [1.54, 1.807) is 0 Å². The Balaban J connectivity index is 2.24. The minimum atomic E-state index is -1.20. The van der Waals surface area contributed by atoms with Gasteiger partial charge in [-0.15, -0.1) is 0 Å². The summed E-state index contributed by atoms with van der Waals surface area (Å²) in [6.45, 7) is 0. The first-order chi connectivity index (χ1) is 8.97. The van der Waals surface area contributed by atoms with Crippen LogP contribution in [0.3, 0.4) is 0 Å². The summed E-state index contributed by atoms with van der Waals surface area (Å²) in [5.41, 5.74) is -0.333. The van der Waals surface area contributed by atoms with Crippen molar-refractivity contribution in [2.75, 3.05) is 5.32 Å². The SMILES string of the molecule is O=C(Nc1ccc(Cl)c(C(=O)O)c1)c1c[nH]c(=O)[nH]1. The van der Waals surface area contributed by atoms with Crippen LogP contribution >= 0.6 is 11.6 Å². The molecule has 1 aromatic carbocycles. The molecule has 0 radical (unpaired) electrons. The third-order valence-corrected chi connectivity index (χ3v) is 2.62. The molecule has 0 spiro atoms. The maximum Gasteiger partial charge on any atom is 0.337 e. The minimum Gasteiger partial charge on any atom is -0.478 e. The zero-order valence-corrected chi connectivity index (χ0v) is 10.1. The van der Waals surface area contributed by atoms with Crippen molar-refractivity contribution >= 4 is 29.2 Å². The number of nitrogens with one attached hydrogen (secondary N) is 3. The molecule has 19 heavy (non-hydrogen) atoms. The van der Waals surface area contributed by atoms with Crippen LogP contribution in [0.2, 0.25) is 5.02 Å². The summed E-state index contributed by atoms with van der Waals surface area (Å²) in [6.07, 6.45) is 1.21. The molecule has 1 heterocycles. The molecule has 4 N–H and O–H groups in total. The lowest BCUT2D eigenvalue weighted by atomic mass is 10.2. The Morgan fingerprint density at radius 3 is 2.63 bits per heavy atom. The maximum absolute atomic E-state index is 11.7. The first kappa shape index (κ1) is 12.9. The van der Waals surface area contributed by atoms with E-state index in [2.05, 4.69) is 15.3 Å². The van der Waals surface area contributed by atoms with Gasteiger partial charge in [-0.25, -0.2) is 9.59 Å². The number of aromatic nitrogens is 2. The molecular weight excluding hydrogens is 274 g/mol. The zero-order chi connectivity index (χ0) is 14.0. The second kappa shape index (κ2) is 4.99. The molecule has 8 heteroatoms. The summed E-state index contributed by atoms with van der Waals surface area (Å²) in [5, 5.41) is 11.4. The number of carbonyl (C=O) groups excluding carboxylic acids is 1. The maximum atomic E-state index is 11.7. The molecule has 2 rings (SSSR count). The Morgan fingerprint density at radius 2 is 2.05 bits per heavy atom. The number of H-pyrrole nitrogens is 2. The monoisotopic (exact) mass is 281 g/mol. The van der Waals surface area contributed by atoms with Crippen LogP contribution in [-0.4, -0.2) is 27.0 Å². The summed E-state index contributed by atoms with van der Waals surface area (Å²) in [7, 11) is 0. The van der Waals surface area contributed by atoms with E-state index in [4.69, 9.17) is 16.7 Å². The number of amides is 1. The van der Waals surface area contributed by atoms with Gasteiger partial charge in [-0.3, -0.25) is 4.79 Å². The lowest BCUT2D eigenvalue weighted by molar-refractivity contribution is 0.0696. The van der Waals surface area contributed by atoms with Crippen LogP contribution in [0, 0.1) is 0 Å². The Hall–Kier alpha value is -2.54. The molecule has 98 valence electrons. The van der Waals surface area contributed by atoms with Crippen molar-refractivity contribution in [1.82, 2.24) is 9.97 Å². The number of rotatable bonds is 3. The van der Waals surface area contributed by atoms with E-state index < -0.39 is 17.6 Å². The van der Waals surface area contributed by atoms with E-state index in [0.29, 0.717) is 0 Å². The lowest BCUT2D eigenvalue weighted by Gasteiger charge is -2.05. The molecule has 0 atom stereocenters. The van der Waals surface area contributed by atoms with E-state index in [1.807, 2.05) is 0 Å². The van der Waals surface area contributed by atoms with Gasteiger partial charge in [0.1, 0.15) is 5.69 Å². The summed E-state index contributed by atoms with van der Waals surface area (Å²) < 4.78 is 0. The summed E-state index contributed by atoms with van der Waals surface area (Å²) >= 11 is 5.70. The van der Waals surface area contributed by atoms with Crippen LogP contribution in [0.4, 0.5) is 5.69 Å². The van der Waals surface area contributed by atoms with Crippen molar-refractivity contribution in [3.63, 3.8) is 0 Å². The molecule has 0 bridgehead atoms. The minimum absolute atomic E-state index is 0.0387. The number of carboxylic acids is 1. The van der Waals surface area contributed by atoms with Crippen molar-refractivity contribution in [2.24, 2.45) is 0 Å². The highest BCUT2D eigenvalue weighted by atomic mass is 35.5. The second-order valence-corrected chi connectivity index (χ2v) is 4.02. The van der Waals surface area contributed by atoms with Crippen LogP contribution in [0.25, 0.3) is 0 Å². The second-order valence-electron chi connectivity index (χ2n) is 3.61. The quantitative estimate of drug-likeness (QED) is 0.679. The van der Waals surface area contributed by atoms with Crippen molar-refractivity contribution in [3.8, 4) is 0 Å². The molecular formula is C11H8ClN3O4. The largest absolute Gasteiger partial charge is 0.478 e. The van der Waals surface area contributed by atoms with Crippen molar-refractivity contribution < 1.29 is 14.7 Å². The van der Waals surface area contributed by atoms with Gasteiger partial charge in [0, 0.05) is 11.9 Å². The van der Waals surface area contributed by atoms with E-state index >= 15 is 0 Å². The fourth-order valence-corrected chi connectivity index (χ4v) is 1.62. The highest BCUT2D eigenvalue weighted by molar-refractivity contribution is 6.33. The molecule has 1 aromatic heterocycles. The van der Waals surface area contributed by atoms with Crippen molar-refractivity contribution in [2.45, 2.75) is 0 Å². The molecule has 0 aliphatic heterocycles. The molecule has 0 unspecified atom stereocenters. The highest BCUT2D eigenvalue weighted by Gasteiger charge is 2.12. The summed E-state index contributed by atoms with van der Waals surface area (Å²) in [4.78, 5) is 38.0. The van der Waals surface area contributed by atoms with Gasteiger partial charge in [-0.1, -0.05) is 11.6 Å². The third kappa shape index (κ3) is 2.83. The Morgan fingerprint density at radius 1 is 1.32 bits per heavy atom. The first-order valence-corrected chi connectivity index (χ1v) is 5.47. The smallest absolute Gasteiger partial charge is 0.337 e. The number of hydrogen-bond donors (Lipinski definition) is 4. The molecule has 0 aliphatic rings. The summed E-state index contributed by atoms with van der Waals surface area (Å²) in [6, 6.07) is 4.05. The number of halogens is 1. The average molecular weight is 282 g/mol. The van der Waals surface area contributed by atoms with E-state index in [1.165, 1.54) is 24.4 Å². The topological polar surface area (TPSA) is 115 Å². The van der Waals surface area contributed by atoms with Gasteiger partial charge in [0.15, 0.2) is 0 Å². The fourth-order valence-electron chi connectivity index (χ4n) is 1.42. The van der Waals surface area contributed by atoms with Gasteiger partial charge in [0.2, 0.25) is 0 Å². The molecule has 0 saturated heterocycles. The van der Waals surface area contributed by atoms with Crippen LogP contribution in [0.1, 0.15) is 20.8 Å². The number of benzene rings is 1. The van der Waals surface area contributed by atoms with E-state index in [0.717, 1.165) is 0 Å². The Labute approximate surface area is 111 Å². The first-order valence-electron chi connectivity index (χ1n) is 5.09. The van der Waals surface area contributed by atoms with E-state index in [9.17, 15) is 14.4 Å². The van der Waals surface area contributed by atoms with Gasteiger partial charge in [-0.05, 0) is 18.2 Å². The average Bonchev–Trinajstić information content (AvgIpc) is 2.78. The standard InChI is InChI=1S/C11H8ClN3O4/c12-7-2-1-5(3-6(7)10(17)18)14-9(16)8-4-13-11(19)15-8/h1-4H,(H,14,16)(H,17,18)(H2,13,15,19). The number of aromatic carboxylic acids is 1. The number of aromatic amines is 2. The van der Waals surface area contributed by atoms with Crippen LogP contribution < -0.4 is 11.0 Å². The van der Waals surface area contributed by atoms with Crippen LogP contribution in [0.15, 0.2) is 29.2 Å². The summed E-state index contributed by atoms with van der Waals surface area (Å²) in [5.74, 6) is -1.77. The number of anilines is 1. The number of carbonyl (C=O) groups is 2. The fraction of sp³-hybridized carbons (Fsp3) is 0. The van der Waals surface area contributed by atoms with Gasteiger partial charge in [0.05, 0.1) is 10.6 Å². The van der Waals surface area contributed by atoms with Crippen LogP contribution in [0.5, 0.6) is 0 Å². The highest BCUT2D eigenvalue weighted by Crippen LogP contribution is 2.20. The van der Waals surface area contributed by atoms with E-state index in [-0.39, 0.29) is 22.0 Å². The Kier molecular flexibility index (Phi) is 3.39. The number of hydrogen-bond acceptors (Lipinski definition) is 3. The molecule has 0 aliphatic carbocycles. The van der Waals surface area contributed by atoms with Gasteiger partial charge in [0.25, 0.3) is 5.91 Å².